The van der Waals surface area contributed by atoms with Crippen molar-refractivity contribution < 1.29 is 59.3 Å². The summed E-state index contributed by atoms with van der Waals surface area (Å²) in [6.07, 6.45) is 4.44. The molecule has 6 fully saturated rings. The number of Topliss-reactive ketones (excluding diaryl/α,β-unsaturated/α-hetero) is 2. The van der Waals surface area contributed by atoms with Crippen molar-refractivity contribution in [1.29, 1.82) is 0 Å². The Morgan fingerprint density at radius 2 is 1.62 bits per heavy atom. The number of hydrogen-bond donors (Lipinski definition) is 6. The number of ketones is 3. The van der Waals surface area contributed by atoms with Gasteiger partial charge in [0.2, 0.25) is 0 Å². The first-order valence-electron chi connectivity index (χ1n) is 20.2. The minimum atomic E-state index is -2.18. The summed E-state index contributed by atoms with van der Waals surface area (Å²) in [6, 6.07) is 0. The van der Waals surface area contributed by atoms with Crippen LogP contribution in [0.2, 0.25) is 0 Å². The van der Waals surface area contributed by atoms with Gasteiger partial charge in [0, 0.05) is 36.5 Å². The molecule has 0 unspecified atom stereocenters. The van der Waals surface area contributed by atoms with E-state index in [0.29, 0.717) is 32.1 Å². The molecule has 0 amide bonds. The summed E-state index contributed by atoms with van der Waals surface area (Å²) in [5, 5.41) is 66.4. The van der Waals surface area contributed by atoms with E-state index < -0.39 is 93.1 Å². The van der Waals surface area contributed by atoms with Crippen molar-refractivity contribution in [2.75, 3.05) is 6.61 Å². The molecule has 1 heterocycles. The van der Waals surface area contributed by atoms with Gasteiger partial charge in [-0.05, 0) is 99.9 Å². The number of ether oxygens (including phenoxy) is 2. The summed E-state index contributed by atoms with van der Waals surface area (Å²) in [4.78, 5) is 49.8. The van der Waals surface area contributed by atoms with Gasteiger partial charge in [0.05, 0.1) is 23.9 Å². The lowest BCUT2D eigenvalue weighted by Crippen LogP contribution is -2.86. The Kier molecular flexibility index (Phi) is 10.3. The standard InChI is InChI=1S/C22H34O7.C21H30O5/c1-8-19(5)11-14(25)22(27)20(6)13(24)9-10-18(3,4)16(20)15(26)17(28-12(2)23)21(22,7)29-19;1-19-7-5-13(23)9-12(19)3-4-14-15-6-8-21(26,17(25)11-22)20(15,2)10-16(24)18(14)19/h8,13,15-17,24,26-27H,1,9-11H2,2-7H3;9,14-16,18,22,24,26H,3-8,10-11H2,1-2H3/t13-,15-,16-,17-,19-,20-,21+,22-;14-,15-,16-,18+,19-,20-,21-/m00/s1. The molecule has 0 radical (unpaired) electrons. The van der Waals surface area contributed by atoms with E-state index in [0.717, 1.165) is 25.7 Å². The molecule has 15 atom stereocenters. The van der Waals surface area contributed by atoms with Crippen molar-refractivity contribution in [2.24, 2.45) is 45.3 Å². The van der Waals surface area contributed by atoms with E-state index in [-0.39, 0.29) is 35.4 Å². The molecule has 12 nitrogen and oxygen atoms in total. The highest BCUT2D eigenvalue weighted by molar-refractivity contribution is 5.93. The molecule has 7 aliphatic rings. The number of allylic oxidation sites excluding steroid dienone is 1. The maximum absolute atomic E-state index is 13.6. The minimum Gasteiger partial charge on any atom is -0.457 e. The second kappa shape index (κ2) is 13.4. The SMILES string of the molecule is C=C[C@@]1(C)CC(=O)[C@]2(O)[C@@]3(C)[C@@H](O)CCC(C)(C)[C@@H]3[C@H](O)[C@H](OC(C)=O)[C@@]2(C)O1.C[C@]12CCC(=O)C=C1CC[C@@H]1[C@@H]2[C@@H](O)C[C@@]2(C)[C@H]1CC[C@]2(O)C(=O)CO. The third-order valence-corrected chi connectivity index (χ3v) is 16.7. The van der Waals surface area contributed by atoms with Crippen LogP contribution < -0.4 is 0 Å². The van der Waals surface area contributed by atoms with E-state index in [1.165, 1.54) is 25.5 Å². The van der Waals surface area contributed by atoms with Crippen LogP contribution in [0.25, 0.3) is 0 Å². The number of hydrogen-bond acceptors (Lipinski definition) is 12. The normalized spacial score (nSPS) is 51.1. The molecule has 12 heteroatoms. The molecule has 0 bridgehead atoms. The van der Waals surface area contributed by atoms with E-state index >= 15 is 0 Å². The van der Waals surface area contributed by atoms with Gasteiger partial charge in [-0.15, -0.1) is 6.58 Å². The summed E-state index contributed by atoms with van der Waals surface area (Å²) in [5.74, 6) is -1.73. The number of carbonyl (C=O) groups is 4. The predicted molar refractivity (Wildman–Crippen MR) is 200 cm³/mol. The molecule has 55 heavy (non-hydrogen) atoms. The van der Waals surface area contributed by atoms with Crippen LogP contribution in [0.15, 0.2) is 24.3 Å². The fourth-order valence-electron chi connectivity index (χ4n) is 13.9. The quantitative estimate of drug-likeness (QED) is 0.180. The molecule has 0 aromatic carbocycles. The van der Waals surface area contributed by atoms with Gasteiger partial charge >= 0.3 is 5.97 Å². The fourth-order valence-corrected chi connectivity index (χ4v) is 13.9. The van der Waals surface area contributed by atoms with E-state index in [1.807, 2.05) is 20.8 Å². The molecule has 0 spiro atoms. The molecular weight excluding hydrogens is 708 g/mol. The van der Waals surface area contributed by atoms with Crippen molar-refractivity contribution in [3.8, 4) is 0 Å². The number of rotatable bonds is 4. The maximum Gasteiger partial charge on any atom is 0.303 e. The zero-order valence-corrected chi connectivity index (χ0v) is 33.9. The highest BCUT2D eigenvalue weighted by Gasteiger charge is 2.81. The van der Waals surface area contributed by atoms with Gasteiger partial charge < -0.3 is 40.1 Å². The van der Waals surface area contributed by atoms with Crippen molar-refractivity contribution in [3.63, 3.8) is 0 Å². The lowest BCUT2D eigenvalue weighted by atomic mass is 9.40. The Labute approximate surface area is 324 Å². The smallest absolute Gasteiger partial charge is 0.303 e. The van der Waals surface area contributed by atoms with Gasteiger partial charge in [-0.25, -0.2) is 0 Å². The first-order valence-corrected chi connectivity index (χ1v) is 20.2. The molecule has 1 saturated heterocycles. The van der Waals surface area contributed by atoms with Crippen LogP contribution in [-0.2, 0) is 28.7 Å². The summed E-state index contributed by atoms with van der Waals surface area (Å²) in [7, 11) is 0. The first kappa shape index (κ1) is 42.3. The molecular formula is C43H64O12. The molecule has 0 aromatic rings. The number of esters is 1. The van der Waals surface area contributed by atoms with Gasteiger partial charge in [0.1, 0.15) is 17.8 Å². The van der Waals surface area contributed by atoms with E-state index in [9.17, 15) is 49.8 Å². The summed E-state index contributed by atoms with van der Waals surface area (Å²) in [6.45, 7) is 17.1. The summed E-state index contributed by atoms with van der Waals surface area (Å²) >= 11 is 0. The van der Waals surface area contributed by atoms with Crippen LogP contribution in [0.1, 0.15) is 120 Å². The lowest BCUT2D eigenvalue weighted by Gasteiger charge is -2.71. The Balaban J connectivity index is 0.000000188. The Morgan fingerprint density at radius 3 is 2.22 bits per heavy atom. The van der Waals surface area contributed by atoms with Crippen LogP contribution in [-0.4, -0.2) is 107 Å². The Hall–Kier alpha value is -2.32. The summed E-state index contributed by atoms with van der Waals surface area (Å²) in [5.41, 5.74) is -8.24. The topological polar surface area (TPSA) is 208 Å². The average Bonchev–Trinajstić information content (AvgIpc) is 3.37. The Bertz CT molecular complexity index is 1670. The van der Waals surface area contributed by atoms with Gasteiger partial charge in [-0.2, -0.15) is 0 Å². The monoisotopic (exact) mass is 772 g/mol. The predicted octanol–water partition coefficient (Wildman–Crippen LogP) is 3.30. The molecule has 6 N–H and O–H groups in total. The highest BCUT2D eigenvalue weighted by Crippen LogP contribution is 2.69. The van der Waals surface area contributed by atoms with E-state index in [1.54, 1.807) is 19.9 Å². The first-order chi connectivity index (χ1) is 25.3. The van der Waals surface area contributed by atoms with Crippen LogP contribution in [0.4, 0.5) is 0 Å². The maximum atomic E-state index is 13.6. The van der Waals surface area contributed by atoms with Gasteiger partial charge in [0.25, 0.3) is 0 Å². The number of carbonyl (C=O) groups excluding carboxylic acids is 4. The zero-order chi connectivity index (χ0) is 41.1. The van der Waals surface area contributed by atoms with Crippen LogP contribution in [0.3, 0.4) is 0 Å². The molecule has 7 rings (SSSR count). The van der Waals surface area contributed by atoms with Gasteiger partial charge in [-0.3, -0.25) is 19.2 Å². The summed E-state index contributed by atoms with van der Waals surface area (Å²) < 4.78 is 11.8. The van der Waals surface area contributed by atoms with Crippen molar-refractivity contribution in [2.45, 2.75) is 166 Å². The molecule has 1 aliphatic heterocycles. The number of aliphatic hydroxyl groups is 6. The highest BCUT2D eigenvalue weighted by atomic mass is 16.6. The minimum absolute atomic E-state index is 0.0697. The van der Waals surface area contributed by atoms with Gasteiger partial charge in [-0.1, -0.05) is 46.3 Å². The van der Waals surface area contributed by atoms with Crippen LogP contribution in [0, 0.1) is 45.3 Å². The third kappa shape index (κ3) is 5.62. The van der Waals surface area contributed by atoms with Crippen LogP contribution >= 0.6 is 0 Å². The Morgan fingerprint density at radius 1 is 0.964 bits per heavy atom. The molecule has 5 saturated carbocycles. The van der Waals surface area contributed by atoms with Crippen molar-refractivity contribution >= 4 is 23.3 Å². The van der Waals surface area contributed by atoms with Crippen LogP contribution in [0.5, 0.6) is 0 Å². The molecule has 6 aliphatic carbocycles. The van der Waals surface area contributed by atoms with Crippen molar-refractivity contribution in [3.05, 3.63) is 24.3 Å². The number of fused-ring (bicyclic) bond motifs is 8. The van der Waals surface area contributed by atoms with E-state index in [4.69, 9.17) is 9.47 Å². The fraction of sp³-hybridized carbons (Fsp3) is 0.814. The van der Waals surface area contributed by atoms with E-state index in [2.05, 4.69) is 13.5 Å². The van der Waals surface area contributed by atoms with Gasteiger partial charge in [0.15, 0.2) is 29.1 Å². The third-order valence-electron chi connectivity index (χ3n) is 16.7. The lowest BCUT2D eigenvalue weighted by molar-refractivity contribution is -0.370. The van der Waals surface area contributed by atoms with Crippen molar-refractivity contribution in [1.82, 2.24) is 0 Å². The second-order valence-corrected chi connectivity index (χ2v) is 19.9. The molecule has 308 valence electrons. The molecule has 0 aromatic heterocycles. The second-order valence-electron chi connectivity index (χ2n) is 19.9. The zero-order valence-electron chi connectivity index (χ0n) is 33.9. The average molecular weight is 773 g/mol. The number of aliphatic hydroxyl groups excluding tert-OH is 4. The largest absolute Gasteiger partial charge is 0.457 e.